The Hall–Kier alpha value is -3.71. The van der Waals surface area contributed by atoms with Crippen LogP contribution in [0.25, 0.3) is 11.1 Å². The van der Waals surface area contributed by atoms with Crippen molar-refractivity contribution in [3.8, 4) is 16.9 Å². The minimum absolute atomic E-state index is 0.00673. The molecule has 1 aliphatic heterocycles. The predicted molar refractivity (Wildman–Crippen MR) is 225 cm³/mol. The number of benzene rings is 3. The number of aliphatic hydroxyl groups is 2. The molecule has 310 valence electrons. The van der Waals surface area contributed by atoms with Gasteiger partial charge in [0.25, 0.3) is 5.91 Å². The Morgan fingerprint density at radius 2 is 1.79 bits per heavy atom. The summed E-state index contributed by atoms with van der Waals surface area (Å²) >= 11 is 6.96. The Morgan fingerprint density at radius 3 is 2.39 bits per heavy atom. The third-order valence-corrected chi connectivity index (χ3v) is 13.4. The molecule has 11 nitrogen and oxygen atoms in total. The van der Waals surface area contributed by atoms with Crippen molar-refractivity contribution < 1.29 is 29.4 Å². The van der Waals surface area contributed by atoms with Gasteiger partial charge in [-0.2, -0.15) is 5.06 Å². The van der Waals surface area contributed by atoms with Crippen LogP contribution in [0.1, 0.15) is 62.0 Å². The molecule has 3 saturated carbocycles. The van der Waals surface area contributed by atoms with Crippen LogP contribution in [0.5, 0.6) is 5.75 Å². The maximum absolute atomic E-state index is 14.4. The summed E-state index contributed by atoms with van der Waals surface area (Å²) in [5, 5.41) is 30.0. The van der Waals surface area contributed by atoms with Gasteiger partial charge in [0.15, 0.2) is 0 Å². The van der Waals surface area contributed by atoms with E-state index in [1.54, 1.807) is 25.2 Å². The Bertz CT molecular complexity index is 1890. The van der Waals surface area contributed by atoms with Gasteiger partial charge in [0.05, 0.1) is 26.4 Å². The van der Waals surface area contributed by atoms with Crippen molar-refractivity contribution in [1.29, 1.82) is 0 Å². The number of methoxy groups -OCH3 is 1. The SMILES string of the molecule is COc1c(-c2cc(C(=O)N[C@@H](Cc3ccccc3)CN(C)C)cc(N(C)C)c2)ccc(Cl)c1CN1O[C@@H](CO)[C@@H]([C@H](C)O)[C@H]1C(=O)N[C@H]1C[C@@H]2C[C@H]([C@@H]1C)C2(C)C. The summed E-state index contributed by atoms with van der Waals surface area (Å²) < 4.78 is 6.11. The Morgan fingerprint density at radius 1 is 1.07 bits per heavy atom. The molecule has 3 aliphatic carbocycles. The smallest absolute Gasteiger partial charge is 0.251 e. The van der Waals surface area contributed by atoms with E-state index in [-0.39, 0.29) is 42.5 Å². The van der Waals surface area contributed by atoms with Gasteiger partial charge in [-0.05, 0) is 105 Å². The molecule has 57 heavy (non-hydrogen) atoms. The van der Waals surface area contributed by atoms with E-state index in [2.05, 4.69) is 48.4 Å². The molecule has 2 amide bonds. The lowest BCUT2D eigenvalue weighted by Gasteiger charge is -2.62. The summed E-state index contributed by atoms with van der Waals surface area (Å²) in [4.78, 5) is 38.7. The summed E-state index contributed by atoms with van der Waals surface area (Å²) in [5.74, 6) is 0.732. The monoisotopic (exact) mass is 803 g/mol. The van der Waals surface area contributed by atoms with Crippen LogP contribution in [0.3, 0.4) is 0 Å². The zero-order chi connectivity index (χ0) is 41.3. The average molecular weight is 804 g/mol. The topological polar surface area (TPSA) is 127 Å². The van der Waals surface area contributed by atoms with E-state index in [4.69, 9.17) is 21.2 Å². The van der Waals surface area contributed by atoms with Crippen LogP contribution in [-0.2, 0) is 22.6 Å². The highest BCUT2D eigenvalue weighted by molar-refractivity contribution is 6.31. The number of carbonyl (C=O) groups excluding carboxylic acids is 2. The van der Waals surface area contributed by atoms with Crippen LogP contribution in [0.15, 0.2) is 60.7 Å². The van der Waals surface area contributed by atoms with E-state index in [0.717, 1.165) is 23.2 Å². The highest BCUT2D eigenvalue weighted by atomic mass is 35.5. The van der Waals surface area contributed by atoms with E-state index in [1.165, 1.54) is 6.42 Å². The molecule has 0 radical (unpaired) electrons. The Kier molecular flexibility index (Phi) is 13.3. The molecule has 2 bridgehead atoms. The quantitative estimate of drug-likeness (QED) is 0.154. The van der Waals surface area contributed by atoms with Crippen molar-refractivity contribution in [3.05, 3.63) is 82.4 Å². The fraction of sp³-hybridized carbons (Fsp3) is 0.556. The lowest BCUT2D eigenvalue weighted by Crippen LogP contribution is -2.62. The van der Waals surface area contributed by atoms with E-state index in [0.29, 0.717) is 58.2 Å². The van der Waals surface area contributed by atoms with E-state index >= 15 is 0 Å². The van der Waals surface area contributed by atoms with Crippen molar-refractivity contribution in [1.82, 2.24) is 20.6 Å². The molecular weight excluding hydrogens is 742 g/mol. The lowest BCUT2D eigenvalue weighted by molar-refractivity contribution is -0.183. The van der Waals surface area contributed by atoms with Gasteiger partial charge >= 0.3 is 0 Å². The first-order valence-electron chi connectivity index (χ1n) is 20.2. The second kappa shape index (κ2) is 17.6. The number of nitrogens with one attached hydrogen (secondary N) is 2. The molecule has 0 spiro atoms. The van der Waals surface area contributed by atoms with Crippen LogP contribution in [0.4, 0.5) is 5.69 Å². The molecule has 3 aromatic rings. The van der Waals surface area contributed by atoms with Crippen LogP contribution >= 0.6 is 11.6 Å². The number of anilines is 1. The van der Waals surface area contributed by atoms with Crippen molar-refractivity contribution >= 4 is 29.1 Å². The molecule has 1 saturated heterocycles. The third kappa shape index (κ3) is 8.99. The number of hydrogen-bond acceptors (Lipinski definition) is 9. The predicted octanol–water partition coefficient (Wildman–Crippen LogP) is 5.64. The second-order valence-electron chi connectivity index (χ2n) is 17.6. The summed E-state index contributed by atoms with van der Waals surface area (Å²) in [6.45, 7) is 8.84. The summed E-state index contributed by atoms with van der Waals surface area (Å²) in [7, 11) is 9.42. The van der Waals surface area contributed by atoms with Gasteiger partial charge in [-0.3, -0.25) is 14.4 Å². The number of carbonyl (C=O) groups is 2. The van der Waals surface area contributed by atoms with Gasteiger partial charge < -0.3 is 35.4 Å². The molecule has 7 rings (SSSR count). The fourth-order valence-corrected chi connectivity index (χ4v) is 9.99. The standard InChI is InChI=1S/C45H62ClN5O6/c1-26-36-21-31(45(36,3)4)22-38(26)48-44(55)41-40(27(2)53)39(25-52)57-51(41)24-35-37(46)16-15-34(42(35)56-9)29-18-30(20-33(19-29)50(7)8)43(54)47-32(23-49(5)6)17-28-13-11-10-12-14-28/h10-16,18-20,26-27,31-32,36,38-41,52-53H,17,21-25H2,1-9H3,(H,47,54)(H,48,55)/t26-,27-,31-,32-,36+,38-,39-,40+,41-/m0/s1. The normalized spacial score (nSPS) is 26.4. The zero-order valence-electron chi connectivity index (χ0n) is 35.0. The number of likely N-dealkylation sites (N-methyl/N-ethyl adjacent to an activating group) is 1. The fourth-order valence-electron chi connectivity index (χ4n) is 9.78. The molecule has 4 N–H and O–H groups in total. The number of aliphatic hydroxyl groups excluding tert-OH is 2. The minimum Gasteiger partial charge on any atom is -0.496 e. The first-order valence-corrected chi connectivity index (χ1v) is 20.6. The molecular formula is C45H62ClN5O6. The van der Waals surface area contributed by atoms with Gasteiger partial charge in [0.1, 0.15) is 17.9 Å². The highest BCUT2D eigenvalue weighted by Crippen LogP contribution is 2.61. The van der Waals surface area contributed by atoms with Crippen molar-refractivity contribution in [2.24, 2.45) is 29.1 Å². The molecule has 4 aliphatic rings. The van der Waals surface area contributed by atoms with Crippen LogP contribution < -0.4 is 20.3 Å². The van der Waals surface area contributed by atoms with E-state index in [1.807, 2.05) is 75.6 Å². The lowest BCUT2D eigenvalue weighted by atomic mass is 9.45. The maximum atomic E-state index is 14.4. The molecule has 3 aromatic carbocycles. The van der Waals surface area contributed by atoms with Crippen molar-refractivity contribution in [2.45, 2.75) is 83.8 Å². The molecule has 9 atom stereocenters. The van der Waals surface area contributed by atoms with Gasteiger partial charge in [0.2, 0.25) is 5.91 Å². The maximum Gasteiger partial charge on any atom is 0.251 e. The average Bonchev–Trinajstić information content (AvgIpc) is 3.54. The van der Waals surface area contributed by atoms with E-state index < -0.39 is 24.2 Å². The first kappa shape index (κ1) is 42.9. The molecule has 4 fully saturated rings. The van der Waals surface area contributed by atoms with Gasteiger partial charge in [0, 0.05) is 66.0 Å². The summed E-state index contributed by atoms with van der Waals surface area (Å²) in [5.41, 5.74) is 4.74. The van der Waals surface area contributed by atoms with Crippen molar-refractivity contribution in [3.63, 3.8) is 0 Å². The largest absolute Gasteiger partial charge is 0.496 e. The number of hydrogen-bond donors (Lipinski definition) is 4. The number of amides is 2. The van der Waals surface area contributed by atoms with Gasteiger partial charge in [-0.25, -0.2) is 0 Å². The zero-order valence-corrected chi connectivity index (χ0v) is 35.7. The number of fused-ring (bicyclic) bond motifs is 2. The van der Waals surface area contributed by atoms with Gasteiger partial charge in [-0.1, -0.05) is 62.7 Å². The number of hydroxylamine groups is 2. The number of nitrogens with zero attached hydrogens (tertiary/aromatic N) is 3. The molecule has 0 unspecified atom stereocenters. The first-order chi connectivity index (χ1) is 27.0. The molecule has 0 aromatic heterocycles. The summed E-state index contributed by atoms with van der Waals surface area (Å²) in [6, 6.07) is 18.5. The van der Waals surface area contributed by atoms with Crippen LogP contribution in [-0.4, -0.2) is 111 Å². The molecule has 12 heteroatoms. The minimum atomic E-state index is -0.939. The number of halogens is 1. The van der Waals surface area contributed by atoms with E-state index in [9.17, 15) is 19.8 Å². The number of rotatable bonds is 15. The van der Waals surface area contributed by atoms with Crippen LogP contribution in [0, 0.1) is 29.1 Å². The van der Waals surface area contributed by atoms with Crippen molar-refractivity contribution in [2.75, 3.05) is 53.4 Å². The summed E-state index contributed by atoms with van der Waals surface area (Å²) in [6.07, 6.45) is 1.03. The van der Waals surface area contributed by atoms with Gasteiger partial charge in [-0.15, -0.1) is 0 Å². The molecule has 1 heterocycles. The number of ether oxygens (including phenoxy) is 1. The third-order valence-electron chi connectivity index (χ3n) is 13.0. The highest BCUT2D eigenvalue weighted by Gasteiger charge is 2.57. The second-order valence-corrected chi connectivity index (χ2v) is 18.0. The Labute approximate surface area is 343 Å². The van der Waals surface area contributed by atoms with Crippen LogP contribution in [0.2, 0.25) is 5.02 Å². The Balaban J connectivity index is 1.31.